The quantitative estimate of drug-likeness (QED) is 0.530. The zero-order valence-electron chi connectivity index (χ0n) is 6.09. The summed E-state index contributed by atoms with van der Waals surface area (Å²) in [5.74, 6) is -1.19. The fourth-order valence-corrected chi connectivity index (χ4v) is 0.995. The third kappa shape index (κ3) is 1.76. The normalized spacial score (nSPS) is 11.2. The second-order valence-electron chi connectivity index (χ2n) is 1.72. The van der Waals surface area contributed by atoms with Crippen LogP contribution in [-0.2, 0) is 9.63 Å². The number of carboxylic acid groups (broad SMARTS) is 1. The maximum Gasteiger partial charge on any atom is 0.360 e. The maximum atomic E-state index is 10.5. The SMILES string of the molecule is CON=C(C(=O)O)c1csnn1. The van der Waals surface area contributed by atoms with Crippen LogP contribution in [0.3, 0.4) is 0 Å². The monoisotopic (exact) mass is 187 g/mol. The van der Waals surface area contributed by atoms with E-state index in [1.54, 1.807) is 0 Å². The Hall–Kier alpha value is -1.50. The molecule has 1 N–H and O–H groups in total. The van der Waals surface area contributed by atoms with Gasteiger partial charge in [0.15, 0.2) is 0 Å². The molecule has 0 unspecified atom stereocenters. The highest BCUT2D eigenvalue weighted by Crippen LogP contribution is 2.00. The van der Waals surface area contributed by atoms with E-state index in [9.17, 15) is 4.79 Å². The number of carboxylic acids is 1. The van der Waals surface area contributed by atoms with E-state index in [2.05, 4.69) is 19.6 Å². The summed E-state index contributed by atoms with van der Waals surface area (Å²) < 4.78 is 3.50. The lowest BCUT2D eigenvalue weighted by atomic mass is 10.3. The highest BCUT2D eigenvalue weighted by molar-refractivity contribution is 7.03. The van der Waals surface area contributed by atoms with E-state index >= 15 is 0 Å². The lowest BCUT2D eigenvalue weighted by Gasteiger charge is -1.93. The number of aromatic nitrogens is 2. The molecule has 0 fully saturated rings. The van der Waals surface area contributed by atoms with Gasteiger partial charge in [0.25, 0.3) is 0 Å². The minimum atomic E-state index is -1.19. The van der Waals surface area contributed by atoms with Crippen molar-refractivity contribution in [2.24, 2.45) is 5.16 Å². The molecule has 0 aliphatic rings. The van der Waals surface area contributed by atoms with E-state index in [0.717, 1.165) is 11.5 Å². The molecule has 7 heteroatoms. The number of carbonyl (C=O) groups is 1. The van der Waals surface area contributed by atoms with Crippen LogP contribution < -0.4 is 0 Å². The van der Waals surface area contributed by atoms with E-state index in [0.29, 0.717) is 0 Å². The molecule has 1 aromatic rings. The fourth-order valence-electron chi connectivity index (χ4n) is 0.554. The van der Waals surface area contributed by atoms with Crippen LogP contribution in [0.5, 0.6) is 0 Å². The zero-order valence-corrected chi connectivity index (χ0v) is 6.91. The third-order valence-electron chi connectivity index (χ3n) is 0.988. The minimum absolute atomic E-state index is 0.203. The van der Waals surface area contributed by atoms with Gasteiger partial charge in [0.2, 0.25) is 5.71 Å². The summed E-state index contributed by atoms with van der Waals surface area (Å²) in [6.07, 6.45) is 0. The highest BCUT2D eigenvalue weighted by Gasteiger charge is 2.15. The van der Waals surface area contributed by atoms with Gasteiger partial charge >= 0.3 is 5.97 Å². The first-order valence-electron chi connectivity index (χ1n) is 2.87. The molecule has 0 atom stereocenters. The molecule has 64 valence electrons. The number of rotatable bonds is 3. The van der Waals surface area contributed by atoms with Crippen molar-refractivity contribution in [1.29, 1.82) is 0 Å². The van der Waals surface area contributed by atoms with Gasteiger partial charge in [0.1, 0.15) is 12.8 Å². The lowest BCUT2D eigenvalue weighted by Crippen LogP contribution is -2.15. The summed E-state index contributed by atoms with van der Waals surface area (Å²) in [4.78, 5) is 14.8. The molecule has 0 saturated carbocycles. The first kappa shape index (κ1) is 8.60. The van der Waals surface area contributed by atoms with Crippen molar-refractivity contribution in [2.45, 2.75) is 0 Å². The molecule has 0 aliphatic carbocycles. The van der Waals surface area contributed by atoms with Crippen LogP contribution in [0.2, 0.25) is 0 Å². The topological polar surface area (TPSA) is 84.7 Å². The summed E-state index contributed by atoms with van der Waals surface area (Å²) in [5, 5.41) is 16.9. The van der Waals surface area contributed by atoms with Crippen LogP contribution in [0.25, 0.3) is 0 Å². The molecular weight excluding hydrogens is 182 g/mol. The predicted molar refractivity (Wildman–Crippen MR) is 41.1 cm³/mol. The van der Waals surface area contributed by atoms with E-state index in [1.807, 2.05) is 0 Å². The van der Waals surface area contributed by atoms with E-state index in [1.165, 1.54) is 12.5 Å². The van der Waals surface area contributed by atoms with Gasteiger partial charge in [0.05, 0.1) is 0 Å². The summed E-state index contributed by atoms with van der Waals surface area (Å²) in [5.41, 5.74) is -0.0411. The molecule has 1 aromatic heterocycles. The zero-order chi connectivity index (χ0) is 8.97. The molecule has 0 spiro atoms. The van der Waals surface area contributed by atoms with Crippen LogP contribution in [0.4, 0.5) is 0 Å². The van der Waals surface area contributed by atoms with Crippen LogP contribution in [0, 0.1) is 0 Å². The van der Waals surface area contributed by atoms with Crippen molar-refractivity contribution in [3.63, 3.8) is 0 Å². The highest BCUT2D eigenvalue weighted by atomic mass is 32.1. The molecule has 0 amide bonds. The Morgan fingerprint density at radius 2 is 2.58 bits per heavy atom. The van der Waals surface area contributed by atoms with Gasteiger partial charge in [-0.3, -0.25) is 0 Å². The Labute approximate surface area is 71.6 Å². The van der Waals surface area contributed by atoms with E-state index in [4.69, 9.17) is 5.11 Å². The number of oxime groups is 1. The van der Waals surface area contributed by atoms with Crippen LogP contribution in [0.15, 0.2) is 10.5 Å². The summed E-state index contributed by atoms with van der Waals surface area (Å²) in [6.45, 7) is 0. The first-order chi connectivity index (χ1) is 5.75. The molecule has 12 heavy (non-hydrogen) atoms. The number of nitrogens with zero attached hydrogens (tertiary/aromatic N) is 3. The van der Waals surface area contributed by atoms with Gasteiger partial charge in [-0.25, -0.2) is 4.79 Å². The van der Waals surface area contributed by atoms with Gasteiger partial charge in [-0.1, -0.05) is 9.64 Å². The molecule has 6 nitrogen and oxygen atoms in total. The van der Waals surface area contributed by atoms with Crippen LogP contribution in [-0.4, -0.2) is 33.5 Å². The number of hydrogen-bond donors (Lipinski definition) is 1. The van der Waals surface area contributed by atoms with E-state index in [-0.39, 0.29) is 11.4 Å². The molecule has 0 bridgehead atoms. The van der Waals surface area contributed by atoms with Crippen molar-refractivity contribution in [2.75, 3.05) is 7.11 Å². The van der Waals surface area contributed by atoms with Crippen molar-refractivity contribution in [1.82, 2.24) is 9.59 Å². The molecule has 0 aliphatic heterocycles. The predicted octanol–water partition coefficient (Wildman–Crippen LogP) is -0.0268. The smallest absolute Gasteiger partial charge is 0.360 e. The number of hydrogen-bond acceptors (Lipinski definition) is 6. The Kier molecular flexibility index (Phi) is 2.70. The third-order valence-corrected chi connectivity index (χ3v) is 1.49. The standard InChI is InChI=1S/C5H5N3O3S/c1-11-7-4(5(9)10)3-2-12-8-6-3/h2H,1H3,(H,9,10). The maximum absolute atomic E-state index is 10.5. The van der Waals surface area contributed by atoms with Gasteiger partial charge in [-0.2, -0.15) is 0 Å². The first-order valence-corrected chi connectivity index (χ1v) is 3.71. The lowest BCUT2D eigenvalue weighted by molar-refractivity contribution is -0.129. The number of aliphatic carboxylic acids is 1. The molecule has 1 heterocycles. The van der Waals surface area contributed by atoms with Gasteiger partial charge in [0, 0.05) is 5.38 Å². The minimum Gasteiger partial charge on any atom is -0.476 e. The second kappa shape index (κ2) is 3.77. The Bertz CT molecular complexity index is 295. The average molecular weight is 187 g/mol. The molecule has 0 aromatic carbocycles. The molecule has 0 saturated heterocycles. The summed E-state index contributed by atoms with van der Waals surface area (Å²) in [7, 11) is 1.27. The van der Waals surface area contributed by atoms with Crippen molar-refractivity contribution >= 4 is 23.2 Å². The van der Waals surface area contributed by atoms with Crippen molar-refractivity contribution in [3.05, 3.63) is 11.1 Å². The Morgan fingerprint density at radius 3 is 3.00 bits per heavy atom. The van der Waals surface area contributed by atoms with Gasteiger partial charge in [-0.15, -0.1) is 5.10 Å². The fraction of sp³-hybridized carbons (Fsp3) is 0.200. The summed E-state index contributed by atoms with van der Waals surface area (Å²) >= 11 is 1.05. The van der Waals surface area contributed by atoms with Crippen molar-refractivity contribution in [3.8, 4) is 0 Å². The molecule has 0 radical (unpaired) electrons. The van der Waals surface area contributed by atoms with Crippen LogP contribution in [0.1, 0.15) is 5.69 Å². The average Bonchev–Trinajstić information content (AvgIpc) is 2.51. The summed E-state index contributed by atoms with van der Waals surface area (Å²) in [6, 6.07) is 0. The largest absolute Gasteiger partial charge is 0.476 e. The van der Waals surface area contributed by atoms with Crippen LogP contribution >= 0.6 is 11.5 Å². The molecular formula is C5H5N3O3S. The second-order valence-corrected chi connectivity index (χ2v) is 2.33. The van der Waals surface area contributed by atoms with Gasteiger partial charge < -0.3 is 9.94 Å². The Balaban J connectivity index is 2.96. The Morgan fingerprint density at radius 1 is 1.83 bits per heavy atom. The van der Waals surface area contributed by atoms with Gasteiger partial charge in [-0.05, 0) is 11.5 Å². The van der Waals surface area contributed by atoms with E-state index < -0.39 is 5.97 Å². The molecule has 1 rings (SSSR count). The van der Waals surface area contributed by atoms with Crippen molar-refractivity contribution < 1.29 is 14.7 Å².